The van der Waals surface area contributed by atoms with Crippen molar-refractivity contribution in [3.05, 3.63) is 0 Å². The van der Waals surface area contributed by atoms with E-state index in [2.05, 4.69) is 11.2 Å². The van der Waals surface area contributed by atoms with Gasteiger partial charge in [0.2, 0.25) is 5.91 Å². The van der Waals surface area contributed by atoms with Gasteiger partial charge in [0.1, 0.15) is 0 Å². The number of nitrogens with one attached hydrogen (secondary N) is 1. The Morgan fingerprint density at radius 1 is 1.60 bits per heavy atom. The Kier molecular flexibility index (Phi) is 4.20. The molecule has 0 aromatic rings. The topological polar surface area (TPSA) is 46.2 Å². The van der Waals surface area contributed by atoms with E-state index >= 15 is 0 Å². The molecule has 1 heterocycles. The Morgan fingerprint density at radius 2 is 2.27 bits per heavy atom. The first-order chi connectivity index (χ1) is 6.91. The quantitative estimate of drug-likeness (QED) is 0.733. The first kappa shape index (κ1) is 12.6. The number of hydrogen-bond donors (Lipinski definition) is 1. The largest absolute Gasteiger partial charge is 0.356 e. The van der Waals surface area contributed by atoms with Crippen LogP contribution in [-0.2, 0) is 14.3 Å². The van der Waals surface area contributed by atoms with Gasteiger partial charge >= 0.3 is 0 Å². The molecule has 1 saturated heterocycles. The van der Waals surface area contributed by atoms with Gasteiger partial charge in [-0.1, -0.05) is 13.8 Å². The van der Waals surface area contributed by atoms with Crippen LogP contribution < -0.4 is 5.32 Å². The molecule has 0 aromatic heterocycles. The van der Waals surface area contributed by atoms with E-state index in [1.165, 1.54) is 0 Å². The Labute approximate surface area is 92.6 Å². The molecule has 4 heteroatoms. The lowest BCUT2D eigenvalue weighted by Crippen LogP contribution is -2.37. The minimum absolute atomic E-state index is 0.0256. The fourth-order valence-corrected chi connectivity index (χ4v) is 3.84. The van der Waals surface area contributed by atoms with E-state index in [1.807, 2.05) is 13.8 Å². The van der Waals surface area contributed by atoms with E-state index in [4.69, 9.17) is 0 Å². The molecule has 1 aliphatic rings. The average Bonchev–Trinajstić information content (AvgIpc) is 2.12. The Morgan fingerprint density at radius 3 is 2.80 bits per heavy atom. The maximum absolute atomic E-state index is 11.8. The van der Waals surface area contributed by atoms with Gasteiger partial charge in [-0.05, 0) is 34.2 Å². The van der Waals surface area contributed by atoms with Gasteiger partial charge in [-0.2, -0.15) is 0 Å². The van der Waals surface area contributed by atoms with Gasteiger partial charge in [0.25, 0.3) is 0 Å². The summed E-state index contributed by atoms with van der Waals surface area (Å²) in [6.45, 7) is 4.41. The van der Waals surface area contributed by atoms with Crippen LogP contribution in [-0.4, -0.2) is 34.0 Å². The van der Waals surface area contributed by atoms with Gasteiger partial charge in [0.15, 0.2) is 0 Å². The molecule has 88 valence electrons. The molecule has 2 unspecified atom stereocenters. The molecule has 0 saturated carbocycles. The van der Waals surface area contributed by atoms with Crippen molar-refractivity contribution < 1.29 is 9.00 Å². The number of rotatable bonds is 3. The fraction of sp³-hybridized carbons (Fsp3) is 0.818. The standard InChI is InChI=1S/C11H21NO2S/c1-9(2)11(13)12-7-10-5-4-6-15(3,14)8-10/h9-10H,3-8H2,1-2H3,(H,12,13). The summed E-state index contributed by atoms with van der Waals surface area (Å²) in [4.78, 5) is 11.3. The highest BCUT2D eigenvalue weighted by Gasteiger charge is 2.21. The second kappa shape index (κ2) is 5.01. The number of carbonyl (C=O) groups excluding carboxylic acids is 1. The molecule has 0 bridgehead atoms. The maximum atomic E-state index is 11.8. The van der Waals surface area contributed by atoms with Gasteiger partial charge < -0.3 is 5.32 Å². The van der Waals surface area contributed by atoms with Gasteiger partial charge in [0.05, 0.1) is 0 Å². The maximum Gasteiger partial charge on any atom is 0.222 e. The van der Waals surface area contributed by atoms with Crippen molar-refractivity contribution in [2.45, 2.75) is 26.7 Å². The lowest BCUT2D eigenvalue weighted by molar-refractivity contribution is -0.124. The minimum atomic E-state index is -1.85. The SMILES string of the molecule is C=S1(=O)CCCC(CNC(=O)C(C)C)C1. The van der Waals surface area contributed by atoms with E-state index in [0.717, 1.165) is 18.6 Å². The lowest BCUT2D eigenvalue weighted by Gasteiger charge is -2.25. The molecule has 1 amide bonds. The van der Waals surface area contributed by atoms with Crippen molar-refractivity contribution in [2.24, 2.45) is 11.8 Å². The zero-order valence-electron chi connectivity index (χ0n) is 9.62. The first-order valence-corrected chi connectivity index (χ1v) is 7.57. The summed E-state index contributed by atoms with van der Waals surface area (Å²) < 4.78 is 11.8. The predicted molar refractivity (Wildman–Crippen MR) is 65.6 cm³/mol. The zero-order valence-corrected chi connectivity index (χ0v) is 10.4. The molecule has 1 N–H and O–H groups in total. The van der Waals surface area contributed by atoms with Crippen molar-refractivity contribution in [1.29, 1.82) is 0 Å². The molecule has 0 spiro atoms. The van der Waals surface area contributed by atoms with E-state index < -0.39 is 9.52 Å². The molecular weight excluding hydrogens is 210 g/mol. The van der Waals surface area contributed by atoms with Gasteiger partial charge in [-0.15, -0.1) is 0 Å². The molecule has 1 fully saturated rings. The highest BCUT2D eigenvalue weighted by Crippen LogP contribution is 2.17. The molecule has 0 aromatic carbocycles. The monoisotopic (exact) mass is 231 g/mol. The van der Waals surface area contributed by atoms with Crippen LogP contribution in [0.4, 0.5) is 0 Å². The molecule has 1 aliphatic heterocycles. The fourth-order valence-electron chi connectivity index (χ4n) is 1.84. The minimum Gasteiger partial charge on any atom is -0.356 e. The van der Waals surface area contributed by atoms with E-state index in [0.29, 0.717) is 18.2 Å². The second-order valence-electron chi connectivity index (χ2n) is 4.74. The third-order valence-corrected chi connectivity index (χ3v) is 4.87. The molecule has 1 rings (SSSR count). The summed E-state index contributed by atoms with van der Waals surface area (Å²) in [6.07, 6.45) is 2.04. The predicted octanol–water partition coefficient (Wildman–Crippen LogP) is 0.885. The van der Waals surface area contributed by atoms with Crippen molar-refractivity contribution >= 4 is 21.3 Å². The van der Waals surface area contributed by atoms with Gasteiger partial charge in [0, 0.05) is 24.0 Å². The number of carbonyl (C=O) groups is 1. The summed E-state index contributed by atoms with van der Waals surface area (Å²) in [5.74, 6) is 5.64. The summed E-state index contributed by atoms with van der Waals surface area (Å²) in [5, 5.41) is 2.90. The number of hydrogen-bond acceptors (Lipinski definition) is 2. The van der Waals surface area contributed by atoms with E-state index in [1.54, 1.807) is 0 Å². The molecule has 2 atom stereocenters. The van der Waals surface area contributed by atoms with Crippen LogP contribution >= 0.6 is 0 Å². The normalized spacial score (nSPS) is 31.5. The summed E-state index contributed by atoms with van der Waals surface area (Å²) in [5.41, 5.74) is 0. The highest BCUT2D eigenvalue weighted by molar-refractivity contribution is 8.00. The number of amides is 1. The van der Waals surface area contributed by atoms with Crippen molar-refractivity contribution in [2.75, 3.05) is 18.1 Å². The summed E-state index contributed by atoms with van der Waals surface area (Å²) >= 11 is 0. The molecule has 15 heavy (non-hydrogen) atoms. The van der Waals surface area contributed by atoms with Crippen LogP contribution in [0.1, 0.15) is 26.7 Å². The summed E-state index contributed by atoms with van der Waals surface area (Å²) in [7, 11) is -1.85. The lowest BCUT2D eigenvalue weighted by atomic mass is 10.1. The van der Waals surface area contributed by atoms with Gasteiger partial charge in [-0.25, -0.2) is 0 Å². The van der Waals surface area contributed by atoms with E-state index in [-0.39, 0.29) is 11.8 Å². The van der Waals surface area contributed by atoms with Crippen LogP contribution in [0.15, 0.2) is 0 Å². The summed E-state index contributed by atoms with van der Waals surface area (Å²) in [6, 6.07) is 0. The van der Waals surface area contributed by atoms with Crippen LogP contribution in [0.5, 0.6) is 0 Å². The van der Waals surface area contributed by atoms with Gasteiger partial charge in [-0.3, -0.25) is 9.00 Å². The van der Waals surface area contributed by atoms with Crippen molar-refractivity contribution in [1.82, 2.24) is 5.32 Å². The van der Waals surface area contributed by atoms with Crippen molar-refractivity contribution in [3.63, 3.8) is 0 Å². The van der Waals surface area contributed by atoms with Crippen LogP contribution in [0.3, 0.4) is 0 Å². The average molecular weight is 231 g/mol. The van der Waals surface area contributed by atoms with Crippen molar-refractivity contribution in [3.8, 4) is 0 Å². The third kappa shape index (κ3) is 4.24. The van der Waals surface area contributed by atoms with E-state index in [9.17, 15) is 9.00 Å². The van der Waals surface area contributed by atoms with Crippen LogP contribution in [0.25, 0.3) is 0 Å². The highest BCUT2D eigenvalue weighted by atomic mass is 32.2. The smallest absolute Gasteiger partial charge is 0.222 e. The third-order valence-electron chi connectivity index (χ3n) is 2.76. The Bertz CT molecular complexity index is 319. The molecule has 0 aliphatic carbocycles. The zero-order chi connectivity index (χ0) is 11.5. The second-order valence-corrected chi connectivity index (χ2v) is 7.42. The molecule has 0 radical (unpaired) electrons. The van der Waals surface area contributed by atoms with Crippen LogP contribution in [0.2, 0.25) is 0 Å². The van der Waals surface area contributed by atoms with Crippen LogP contribution in [0, 0.1) is 11.8 Å². The molecular formula is C11H21NO2S. The Hall–Kier alpha value is -0.510. The molecule has 3 nitrogen and oxygen atoms in total. The first-order valence-electron chi connectivity index (χ1n) is 5.51. The Balaban J connectivity index is 2.37.